The summed E-state index contributed by atoms with van der Waals surface area (Å²) in [7, 11) is 0. The van der Waals surface area contributed by atoms with Crippen molar-refractivity contribution in [1.29, 1.82) is 0 Å². The lowest BCUT2D eigenvalue weighted by molar-refractivity contribution is -0.124. The highest BCUT2D eigenvalue weighted by Crippen LogP contribution is 2.50. The van der Waals surface area contributed by atoms with Crippen LogP contribution < -0.4 is 10.6 Å². The topological polar surface area (TPSA) is 63.4 Å². The maximum atomic E-state index is 12.7. The first kappa shape index (κ1) is 11.7. The molecule has 4 atom stereocenters. The lowest BCUT2D eigenvalue weighted by Gasteiger charge is -2.38. The number of benzene rings is 1. The molecule has 2 N–H and O–H groups in total. The molecule has 1 aromatic rings. The van der Waals surface area contributed by atoms with Crippen molar-refractivity contribution >= 4 is 23.2 Å². The fraction of sp³-hybridized carbons (Fsp3) is 0.375. The lowest BCUT2D eigenvalue weighted by atomic mass is 9.63. The Labute approximate surface area is 117 Å². The van der Waals surface area contributed by atoms with E-state index in [9.17, 15) is 9.59 Å². The van der Waals surface area contributed by atoms with E-state index in [2.05, 4.69) is 12.2 Å². The van der Waals surface area contributed by atoms with Gasteiger partial charge in [0.25, 0.3) is 0 Å². The van der Waals surface area contributed by atoms with Crippen molar-refractivity contribution in [2.45, 2.75) is 12.8 Å². The van der Waals surface area contributed by atoms with Gasteiger partial charge >= 0.3 is 0 Å². The summed E-state index contributed by atoms with van der Waals surface area (Å²) in [6, 6.07) is 7.01. The number of allylic oxidation sites excluding steroid dienone is 2. The largest absolute Gasteiger partial charge is 0.399 e. The van der Waals surface area contributed by atoms with Crippen LogP contribution >= 0.6 is 0 Å². The highest BCUT2D eigenvalue weighted by atomic mass is 16.2. The molecule has 5 rings (SSSR count). The van der Waals surface area contributed by atoms with Gasteiger partial charge in [0.2, 0.25) is 11.8 Å². The van der Waals surface area contributed by atoms with E-state index in [-0.39, 0.29) is 35.5 Å². The molecule has 102 valence electrons. The van der Waals surface area contributed by atoms with Gasteiger partial charge in [0, 0.05) is 5.69 Å². The Kier molecular flexibility index (Phi) is 2.31. The van der Waals surface area contributed by atoms with Crippen LogP contribution in [0.15, 0.2) is 36.4 Å². The number of rotatable bonds is 1. The average molecular weight is 268 g/mol. The molecule has 1 saturated heterocycles. The Morgan fingerprint density at radius 3 is 2.10 bits per heavy atom. The zero-order valence-corrected chi connectivity index (χ0v) is 11.0. The van der Waals surface area contributed by atoms with Gasteiger partial charge in [-0.3, -0.25) is 9.59 Å². The van der Waals surface area contributed by atoms with Gasteiger partial charge in [-0.2, -0.15) is 0 Å². The van der Waals surface area contributed by atoms with Crippen molar-refractivity contribution in [1.82, 2.24) is 0 Å². The van der Waals surface area contributed by atoms with E-state index in [0.29, 0.717) is 11.4 Å². The summed E-state index contributed by atoms with van der Waals surface area (Å²) in [5.41, 5.74) is 6.94. The van der Waals surface area contributed by atoms with Gasteiger partial charge in [-0.1, -0.05) is 18.2 Å². The van der Waals surface area contributed by atoms with E-state index >= 15 is 0 Å². The standard InChI is InChI=1S/C16H16N2O2/c17-11-2-1-3-12(8-11)18-15(19)13-9-4-5-10(7-6-9)14(13)16(18)20/h1-5,8-10,13-14H,6-7,17H2. The molecule has 3 aliphatic carbocycles. The van der Waals surface area contributed by atoms with Crippen molar-refractivity contribution in [3.63, 3.8) is 0 Å². The van der Waals surface area contributed by atoms with Gasteiger partial charge in [-0.15, -0.1) is 0 Å². The second-order valence-corrected chi connectivity index (χ2v) is 5.95. The number of hydrogen-bond donors (Lipinski definition) is 1. The van der Waals surface area contributed by atoms with E-state index in [1.807, 2.05) is 0 Å². The Morgan fingerprint density at radius 1 is 1.00 bits per heavy atom. The Hall–Kier alpha value is -2.10. The first-order chi connectivity index (χ1) is 9.66. The summed E-state index contributed by atoms with van der Waals surface area (Å²) in [6.45, 7) is 0. The molecule has 1 aromatic carbocycles. The van der Waals surface area contributed by atoms with Crippen LogP contribution in [0.1, 0.15) is 12.8 Å². The van der Waals surface area contributed by atoms with Crippen LogP contribution in [0.5, 0.6) is 0 Å². The summed E-state index contributed by atoms with van der Waals surface area (Å²) in [5.74, 6) is 0.0367. The molecule has 0 aromatic heterocycles. The van der Waals surface area contributed by atoms with Crippen molar-refractivity contribution < 1.29 is 9.59 Å². The van der Waals surface area contributed by atoms with Crippen LogP contribution in [-0.2, 0) is 9.59 Å². The zero-order chi connectivity index (χ0) is 13.9. The number of nitrogen functional groups attached to an aromatic ring is 1. The number of nitrogens with zero attached hydrogens (tertiary/aromatic N) is 1. The predicted molar refractivity (Wildman–Crippen MR) is 75.7 cm³/mol. The molecule has 0 spiro atoms. The van der Waals surface area contributed by atoms with Crippen LogP contribution in [0.3, 0.4) is 0 Å². The zero-order valence-electron chi connectivity index (χ0n) is 11.0. The maximum absolute atomic E-state index is 12.7. The molecular weight excluding hydrogens is 252 g/mol. The summed E-state index contributed by atoms with van der Waals surface area (Å²) < 4.78 is 0. The first-order valence-corrected chi connectivity index (χ1v) is 7.08. The number of anilines is 2. The molecule has 4 unspecified atom stereocenters. The molecule has 4 aliphatic rings. The van der Waals surface area contributed by atoms with Gasteiger partial charge in [0.05, 0.1) is 17.5 Å². The summed E-state index contributed by atoms with van der Waals surface area (Å²) >= 11 is 0. The number of fused-ring (bicyclic) bond motifs is 1. The van der Waals surface area contributed by atoms with Crippen molar-refractivity contribution in [3.8, 4) is 0 Å². The summed E-state index contributed by atoms with van der Waals surface area (Å²) in [4.78, 5) is 26.7. The molecule has 4 nitrogen and oxygen atoms in total. The third kappa shape index (κ3) is 1.42. The normalized spacial score (nSPS) is 34.7. The summed E-state index contributed by atoms with van der Waals surface area (Å²) in [5, 5.41) is 0. The molecule has 0 radical (unpaired) electrons. The lowest BCUT2D eigenvalue weighted by Crippen LogP contribution is -2.38. The summed E-state index contributed by atoms with van der Waals surface area (Å²) in [6.07, 6.45) is 6.30. The monoisotopic (exact) mass is 268 g/mol. The maximum Gasteiger partial charge on any atom is 0.238 e. The van der Waals surface area contributed by atoms with Crippen LogP contribution in [0.4, 0.5) is 11.4 Å². The van der Waals surface area contributed by atoms with E-state index < -0.39 is 0 Å². The van der Waals surface area contributed by atoms with Gasteiger partial charge in [0.1, 0.15) is 0 Å². The van der Waals surface area contributed by atoms with Crippen LogP contribution in [0, 0.1) is 23.7 Å². The SMILES string of the molecule is Nc1cccc(N2C(=O)C3C4C=CC(CC4)C3C2=O)c1. The van der Waals surface area contributed by atoms with Gasteiger partial charge in [-0.25, -0.2) is 4.90 Å². The fourth-order valence-electron chi connectivity index (χ4n) is 3.99. The Morgan fingerprint density at radius 2 is 1.60 bits per heavy atom. The minimum Gasteiger partial charge on any atom is -0.399 e. The van der Waals surface area contributed by atoms with Crippen LogP contribution in [-0.4, -0.2) is 11.8 Å². The second kappa shape index (κ2) is 3.95. The number of nitrogens with two attached hydrogens (primary N) is 1. The third-order valence-corrected chi connectivity index (χ3v) is 4.89. The van der Waals surface area contributed by atoms with Gasteiger partial charge in [0.15, 0.2) is 0 Å². The molecule has 1 aliphatic heterocycles. The molecule has 20 heavy (non-hydrogen) atoms. The number of hydrogen-bond acceptors (Lipinski definition) is 3. The minimum atomic E-state index is -0.160. The van der Waals surface area contributed by atoms with Crippen molar-refractivity contribution in [2.75, 3.05) is 10.6 Å². The van der Waals surface area contributed by atoms with Gasteiger partial charge in [-0.05, 0) is 42.9 Å². The van der Waals surface area contributed by atoms with Crippen LogP contribution in [0.25, 0.3) is 0 Å². The molecule has 2 fully saturated rings. The number of amides is 2. The van der Waals surface area contributed by atoms with Crippen molar-refractivity contribution in [2.24, 2.45) is 23.7 Å². The molecule has 4 heteroatoms. The number of carbonyl (C=O) groups excluding carboxylic acids is 2. The molecule has 1 saturated carbocycles. The molecule has 2 bridgehead atoms. The second-order valence-electron chi connectivity index (χ2n) is 5.95. The van der Waals surface area contributed by atoms with Gasteiger partial charge < -0.3 is 5.73 Å². The molecular formula is C16H16N2O2. The highest BCUT2D eigenvalue weighted by molar-refractivity contribution is 6.22. The highest BCUT2D eigenvalue weighted by Gasteiger charge is 2.56. The quantitative estimate of drug-likeness (QED) is 0.481. The van der Waals surface area contributed by atoms with E-state index in [1.165, 1.54) is 4.90 Å². The van der Waals surface area contributed by atoms with Crippen LogP contribution in [0.2, 0.25) is 0 Å². The average Bonchev–Trinajstić information content (AvgIpc) is 2.74. The molecule has 1 heterocycles. The van der Waals surface area contributed by atoms with E-state index in [0.717, 1.165) is 12.8 Å². The molecule has 2 amide bonds. The smallest absolute Gasteiger partial charge is 0.238 e. The number of imide groups is 1. The predicted octanol–water partition coefficient (Wildman–Crippen LogP) is 1.97. The van der Waals surface area contributed by atoms with E-state index in [1.54, 1.807) is 24.3 Å². The minimum absolute atomic E-state index is 0.0512. The number of carbonyl (C=O) groups is 2. The Bertz CT molecular complexity index is 605. The Balaban J connectivity index is 1.77. The third-order valence-electron chi connectivity index (χ3n) is 4.89. The van der Waals surface area contributed by atoms with Crippen molar-refractivity contribution in [3.05, 3.63) is 36.4 Å². The first-order valence-electron chi connectivity index (χ1n) is 7.08. The van der Waals surface area contributed by atoms with E-state index in [4.69, 9.17) is 5.73 Å². The fourth-order valence-corrected chi connectivity index (χ4v) is 3.99.